The number of anilines is 1. The van der Waals surface area contributed by atoms with Crippen LogP contribution in [0.2, 0.25) is 0 Å². The van der Waals surface area contributed by atoms with Gasteiger partial charge < -0.3 is 10.2 Å². The average Bonchev–Trinajstić information content (AvgIpc) is 3.20. The Balaban J connectivity index is 1.85. The second-order valence-corrected chi connectivity index (χ2v) is 6.77. The highest BCUT2D eigenvalue weighted by molar-refractivity contribution is 5.51. The van der Waals surface area contributed by atoms with Crippen LogP contribution in [-0.2, 0) is 6.54 Å². The second-order valence-electron chi connectivity index (χ2n) is 6.77. The lowest BCUT2D eigenvalue weighted by molar-refractivity contribution is 0.624. The number of nitrogens with zero attached hydrogens (tertiary/aromatic N) is 3. The largest absolute Gasteiger partial charge is 0.366 e. The first-order valence-corrected chi connectivity index (χ1v) is 8.54. The summed E-state index contributed by atoms with van der Waals surface area (Å²) < 4.78 is 0. The van der Waals surface area contributed by atoms with E-state index in [4.69, 9.17) is 4.98 Å². The van der Waals surface area contributed by atoms with E-state index < -0.39 is 0 Å². The summed E-state index contributed by atoms with van der Waals surface area (Å²) in [6, 6.07) is 1.38. The molecule has 2 heterocycles. The molecule has 0 spiro atoms. The third-order valence-electron chi connectivity index (χ3n) is 4.67. The molecule has 1 unspecified atom stereocenters. The quantitative estimate of drug-likeness (QED) is 0.872. The molecular formula is C17H28N4. The molecule has 1 aliphatic carbocycles. The Morgan fingerprint density at radius 2 is 2.14 bits per heavy atom. The van der Waals surface area contributed by atoms with Crippen molar-refractivity contribution in [2.24, 2.45) is 0 Å². The monoisotopic (exact) mass is 288 g/mol. The first kappa shape index (κ1) is 14.8. The maximum absolute atomic E-state index is 4.87. The topological polar surface area (TPSA) is 41.1 Å². The van der Waals surface area contributed by atoms with E-state index >= 15 is 0 Å². The van der Waals surface area contributed by atoms with Crippen molar-refractivity contribution in [1.29, 1.82) is 0 Å². The fraction of sp³-hybridized carbons (Fsp3) is 0.765. The molecule has 0 amide bonds. The third-order valence-corrected chi connectivity index (χ3v) is 4.67. The van der Waals surface area contributed by atoms with Crippen molar-refractivity contribution >= 4 is 5.69 Å². The fourth-order valence-corrected chi connectivity index (χ4v) is 3.18. The van der Waals surface area contributed by atoms with E-state index in [0.29, 0.717) is 12.0 Å². The van der Waals surface area contributed by atoms with Crippen molar-refractivity contribution < 1.29 is 0 Å². The lowest BCUT2D eigenvalue weighted by atomic mass is 10.1. The van der Waals surface area contributed by atoms with Gasteiger partial charge in [-0.25, -0.2) is 9.97 Å². The van der Waals surface area contributed by atoms with Gasteiger partial charge in [0, 0.05) is 31.1 Å². The summed E-state index contributed by atoms with van der Waals surface area (Å²) >= 11 is 0. The SMILES string of the molecule is CCC1CCCN1c1cnc(C(C)C)nc1CNC1CC1. The molecule has 21 heavy (non-hydrogen) atoms. The molecule has 0 bridgehead atoms. The van der Waals surface area contributed by atoms with Crippen LogP contribution in [0.4, 0.5) is 5.69 Å². The van der Waals surface area contributed by atoms with E-state index in [-0.39, 0.29) is 0 Å². The zero-order valence-electron chi connectivity index (χ0n) is 13.6. The molecule has 116 valence electrons. The first-order chi connectivity index (χ1) is 10.2. The number of nitrogens with one attached hydrogen (secondary N) is 1. The molecule has 1 saturated heterocycles. The summed E-state index contributed by atoms with van der Waals surface area (Å²) in [5, 5.41) is 3.62. The first-order valence-electron chi connectivity index (χ1n) is 8.54. The maximum Gasteiger partial charge on any atom is 0.131 e. The maximum atomic E-state index is 4.87. The fourth-order valence-electron chi connectivity index (χ4n) is 3.18. The smallest absolute Gasteiger partial charge is 0.131 e. The molecule has 1 aliphatic heterocycles. The Morgan fingerprint density at radius 1 is 1.33 bits per heavy atom. The van der Waals surface area contributed by atoms with Gasteiger partial charge >= 0.3 is 0 Å². The van der Waals surface area contributed by atoms with Crippen molar-refractivity contribution in [3.8, 4) is 0 Å². The van der Waals surface area contributed by atoms with Gasteiger partial charge in [0.25, 0.3) is 0 Å². The summed E-state index contributed by atoms with van der Waals surface area (Å²) in [5.41, 5.74) is 2.46. The van der Waals surface area contributed by atoms with Crippen LogP contribution in [-0.4, -0.2) is 28.6 Å². The van der Waals surface area contributed by atoms with Crippen molar-refractivity contribution in [1.82, 2.24) is 15.3 Å². The lowest BCUT2D eigenvalue weighted by Gasteiger charge is -2.28. The van der Waals surface area contributed by atoms with Crippen LogP contribution in [0.1, 0.15) is 70.3 Å². The van der Waals surface area contributed by atoms with Gasteiger partial charge in [-0.3, -0.25) is 0 Å². The van der Waals surface area contributed by atoms with Crippen molar-refractivity contribution in [2.45, 2.75) is 77.4 Å². The minimum Gasteiger partial charge on any atom is -0.366 e. The summed E-state index contributed by atoms with van der Waals surface area (Å²) in [6.45, 7) is 8.65. The summed E-state index contributed by atoms with van der Waals surface area (Å²) in [5.74, 6) is 1.36. The predicted octanol–water partition coefficient (Wildman–Crippen LogP) is 3.23. The molecule has 4 heteroatoms. The van der Waals surface area contributed by atoms with E-state index in [2.05, 4.69) is 42.2 Å². The van der Waals surface area contributed by atoms with E-state index in [0.717, 1.165) is 25.0 Å². The van der Waals surface area contributed by atoms with Gasteiger partial charge in [0.2, 0.25) is 0 Å². The molecule has 0 aromatic carbocycles. The van der Waals surface area contributed by atoms with E-state index in [1.54, 1.807) is 0 Å². The van der Waals surface area contributed by atoms with Crippen LogP contribution in [0, 0.1) is 0 Å². The van der Waals surface area contributed by atoms with E-state index in [1.165, 1.54) is 43.5 Å². The molecule has 4 nitrogen and oxygen atoms in total. The van der Waals surface area contributed by atoms with Crippen molar-refractivity contribution in [3.05, 3.63) is 17.7 Å². The molecule has 3 rings (SSSR count). The molecule has 1 saturated carbocycles. The molecule has 1 aromatic heterocycles. The summed E-state index contributed by atoms with van der Waals surface area (Å²) in [7, 11) is 0. The molecule has 0 radical (unpaired) electrons. The minimum atomic E-state index is 0.388. The number of hydrogen-bond donors (Lipinski definition) is 1. The highest BCUT2D eigenvalue weighted by Crippen LogP contribution is 2.30. The van der Waals surface area contributed by atoms with Crippen LogP contribution in [0.5, 0.6) is 0 Å². The highest BCUT2D eigenvalue weighted by Gasteiger charge is 2.27. The zero-order valence-corrected chi connectivity index (χ0v) is 13.6. The minimum absolute atomic E-state index is 0.388. The van der Waals surface area contributed by atoms with Gasteiger partial charge in [0.05, 0.1) is 17.6 Å². The molecular weight excluding hydrogens is 260 g/mol. The van der Waals surface area contributed by atoms with Gasteiger partial charge in [0.1, 0.15) is 5.82 Å². The van der Waals surface area contributed by atoms with Gasteiger partial charge in [0.15, 0.2) is 0 Å². The number of rotatable bonds is 6. The zero-order chi connectivity index (χ0) is 14.8. The number of hydrogen-bond acceptors (Lipinski definition) is 4. The van der Waals surface area contributed by atoms with Gasteiger partial charge in [-0.15, -0.1) is 0 Å². The normalized spacial score (nSPS) is 22.3. The van der Waals surface area contributed by atoms with Crippen molar-refractivity contribution in [2.75, 3.05) is 11.4 Å². The summed E-state index contributed by atoms with van der Waals surface area (Å²) in [6.07, 6.45) is 8.51. The standard InChI is InChI=1S/C17H28N4/c1-4-14-6-5-9-21(14)16-11-19-17(12(2)3)20-15(16)10-18-13-7-8-13/h11-14,18H,4-10H2,1-3H3. The van der Waals surface area contributed by atoms with Gasteiger partial charge in [-0.05, 0) is 32.1 Å². The van der Waals surface area contributed by atoms with Crippen LogP contribution >= 0.6 is 0 Å². The van der Waals surface area contributed by atoms with Crippen LogP contribution in [0.25, 0.3) is 0 Å². The van der Waals surface area contributed by atoms with Crippen LogP contribution in [0.15, 0.2) is 6.20 Å². The Morgan fingerprint density at radius 3 is 2.81 bits per heavy atom. The second kappa shape index (κ2) is 6.30. The molecule has 1 aromatic rings. The predicted molar refractivity (Wildman–Crippen MR) is 86.6 cm³/mol. The molecule has 1 atom stereocenters. The average molecular weight is 288 g/mol. The van der Waals surface area contributed by atoms with E-state index in [9.17, 15) is 0 Å². The summed E-state index contributed by atoms with van der Waals surface area (Å²) in [4.78, 5) is 12.0. The van der Waals surface area contributed by atoms with Gasteiger partial charge in [-0.2, -0.15) is 0 Å². The molecule has 2 aliphatic rings. The molecule has 1 N–H and O–H groups in total. The van der Waals surface area contributed by atoms with Gasteiger partial charge in [-0.1, -0.05) is 20.8 Å². The Kier molecular flexibility index (Phi) is 4.43. The van der Waals surface area contributed by atoms with Crippen LogP contribution < -0.4 is 10.2 Å². The van der Waals surface area contributed by atoms with Crippen molar-refractivity contribution in [3.63, 3.8) is 0 Å². The lowest BCUT2D eigenvalue weighted by Crippen LogP contribution is -2.31. The Bertz CT molecular complexity index is 482. The highest BCUT2D eigenvalue weighted by atomic mass is 15.2. The number of aromatic nitrogens is 2. The molecule has 2 fully saturated rings. The Hall–Kier alpha value is -1.16. The van der Waals surface area contributed by atoms with E-state index in [1.807, 2.05) is 0 Å². The third kappa shape index (κ3) is 3.37. The Labute approximate surface area is 128 Å². The van der Waals surface area contributed by atoms with Crippen LogP contribution in [0.3, 0.4) is 0 Å².